The molecule has 1 rings (SSSR count). The summed E-state index contributed by atoms with van der Waals surface area (Å²) in [5.41, 5.74) is 0.343. The molecule has 0 aliphatic heterocycles. The molecule has 0 saturated carbocycles. The van der Waals surface area contributed by atoms with Crippen molar-refractivity contribution in [1.29, 1.82) is 0 Å². The van der Waals surface area contributed by atoms with Crippen molar-refractivity contribution < 1.29 is 9.53 Å². The molecule has 6 heteroatoms. The molecule has 0 bridgehead atoms. The summed E-state index contributed by atoms with van der Waals surface area (Å²) in [6, 6.07) is 3.42. The number of carbonyl (C=O) groups excluding carboxylic acids is 1. The Morgan fingerprint density at radius 2 is 2.17 bits per heavy atom. The summed E-state index contributed by atoms with van der Waals surface area (Å²) in [5, 5.41) is 10.9. The van der Waals surface area contributed by atoms with Crippen LogP contribution in [0.4, 0.5) is 5.82 Å². The maximum Gasteiger partial charge on any atom is 0.274 e. The molecule has 1 N–H and O–H groups in total. The second kappa shape index (κ2) is 7.60. The summed E-state index contributed by atoms with van der Waals surface area (Å²) in [4.78, 5) is 13.5. The Labute approximate surface area is 107 Å². The lowest BCUT2D eigenvalue weighted by atomic mass is 10.3. The Hall–Kier alpha value is -1.69. The number of nitrogens with zero attached hydrogens (tertiary/aromatic N) is 3. The third-order valence-corrected chi connectivity index (χ3v) is 2.36. The molecule has 0 radical (unpaired) electrons. The minimum Gasteiger partial charge on any atom is -0.380 e. The van der Waals surface area contributed by atoms with Crippen LogP contribution in [0.2, 0.25) is 0 Å². The van der Waals surface area contributed by atoms with Gasteiger partial charge in [-0.25, -0.2) is 0 Å². The standard InChI is InChI=1S/C12H20N4O2/c1-4-13-11-7-6-10(14-15-11)12(17)16(3)8-9-18-5-2/h6-7H,4-5,8-9H2,1-3H3,(H,13,15). The Morgan fingerprint density at radius 1 is 1.39 bits per heavy atom. The fraction of sp³-hybridized carbons (Fsp3) is 0.583. The summed E-state index contributed by atoms with van der Waals surface area (Å²) in [6.07, 6.45) is 0. The molecule has 0 unspecified atom stereocenters. The lowest BCUT2D eigenvalue weighted by Crippen LogP contribution is -2.31. The van der Waals surface area contributed by atoms with Crippen molar-refractivity contribution in [3.8, 4) is 0 Å². The van der Waals surface area contributed by atoms with Crippen LogP contribution in [0.3, 0.4) is 0 Å². The van der Waals surface area contributed by atoms with Crippen molar-refractivity contribution in [3.05, 3.63) is 17.8 Å². The molecule has 18 heavy (non-hydrogen) atoms. The van der Waals surface area contributed by atoms with Crippen LogP contribution in [-0.2, 0) is 4.74 Å². The minimum absolute atomic E-state index is 0.148. The molecule has 0 fully saturated rings. The molecule has 1 heterocycles. The van der Waals surface area contributed by atoms with Gasteiger partial charge in [-0.05, 0) is 26.0 Å². The van der Waals surface area contributed by atoms with E-state index in [1.165, 1.54) is 0 Å². The molecule has 1 aromatic rings. The summed E-state index contributed by atoms with van der Waals surface area (Å²) >= 11 is 0. The number of rotatable bonds is 7. The van der Waals surface area contributed by atoms with Gasteiger partial charge in [0.2, 0.25) is 0 Å². The van der Waals surface area contributed by atoms with Gasteiger partial charge in [0.15, 0.2) is 5.69 Å². The molecule has 0 atom stereocenters. The molecule has 0 aromatic carbocycles. The molecule has 0 spiro atoms. The van der Waals surface area contributed by atoms with Gasteiger partial charge in [-0.2, -0.15) is 0 Å². The molecule has 1 aromatic heterocycles. The zero-order valence-electron chi connectivity index (χ0n) is 11.1. The maximum absolute atomic E-state index is 12.0. The number of aromatic nitrogens is 2. The van der Waals surface area contributed by atoms with Crippen molar-refractivity contribution in [3.63, 3.8) is 0 Å². The number of hydrogen-bond acceptors (Lipinski definition) is 5. The van der Waals surface area contributed by atoms with Crippen LogP contribution in [0.15, 0.2) is 12.1 Å². The highest BCUT2D eigenvalue weighted by Gasteiger charge is 2.13. The normalized spacial score (nSPS) is 10.2. The smallest absolute Gasteiger partial charge is 0.274 e. The predicted octanol–water partition coefficient (Wildman–Crippen LogP) is 1.02. The maximum atomic E-state index is 12.0. The Morgan fingerprint density at radius 3 is 2.72 bits per heavy atom. The summed E-state index contributed by atoms with van der Waals surface area (Å²) in [7, 11) is 1.72. The van der Waals surface area contributed by atoms with Crippen molar-refractivity contribution in [1.82, 2.24) is 15.1 Å². The number of carbonyl (C=O) groups is 1. The van der Waals surface area contributed by atoms with Crippen LogP contribution in [-0.4, -0.2) is 54.4 Å². The average Bonchev–Trinajstić information content (AvgIpc) is 2.39. The van der Waals surface area contributed by atoms with E-state index >= 15 is 0 Å². The van der Waals surface area contributed by atoms with Gasteiger partial charge < -0.3 is 15.0 Å². The van der Waals surface area contributed by atoms with E-state index in [0.29, 0.717) is 31.3 Å². The Kier molecular flexibility index (Phi) is 6.07. The quantitative estimate of drug-likeness (QED) is 0.734. The fourth-order valence-electron chi connectivity index (χ4n) is 1.36. The molecular weight excluding hydrogens is 232 g/mol. The predicted molar refractivity (Wildman–Crippen MR) is 69.6 cm³/mol. The SMILES string of the molecule is CCNc1ccc(C(=O)N(C)CCOCC)nn1. The lowest BCUT2D eigenvalue weighted by molar-refractivity contribution is 0.0703. The van der Waals surface area contributed by atoms with Crippen LogP contribution < -0.4 is 5.32 Å². The second-order valence-electron chi connectivity index (χ2n) is 3.76. The van der Waals surface area contributed by atoms with Crippen LogP contribution in [0.1, 0.15) is 24.3 Å². The topological polar surface area (TPSA) is 67.4 Å². The van der Waals surface area contributed by atoms with E-state index in [2.05, 4.69) is 15.5 Å². The number of amides is 1. The van der Waals surface area contributed by atoms with Gasteiger partial charge in [-0.15, -0.1) is 10.2 Å². The third-order valence-electron chi connectivity index (χ3n) is 2.36. The van der Waals surface area contributed by atoms with Gasteiger partial charge in [0.25, 0.3) is 5.91 Å². The van der Waals surface area contributed by atoms with E-state index in [-0.39, 0.29) is 5.91 Å². The molecule has 1 amide bonds. The number of nitrogens with one attached hydrogen (secondary N) is 1. The van der Waals surface area contributed by atoms with Crippen LogP contribution >= 0.6 is 0 Å². The first kappa shape index (κ1) is 14.4. The highest BCUT2D eigenvalue weighted by Crippen LogP contribution is 2.03. The van der Waals surface area contributed by atoms with E-state index in [1.54, 1.807) is 24.1 Å². The first-order chi connectivity index (χ1) is 8.69. The van der Waals surface area contributed by atoms with Crippen molar-refractivity contribution in [2.75, 3.05) is 38.7 Å². The Balaban J connectivity index is 2.54. The molecular formula is C12H20N4O2. The van der Waals surface area contributed by atoms with Crippen molar-refractivity contribution in [2.24, 2.45) is 0 Å². The van der Waals surface area contributed by atoms with Crippen LogP contribution in [0.25, 0.3) is 0 Å². The van der Waals surface area contributed by atoms with E-state index < -0.39 is 0 Å². The van der Waals surface area contributed by atoms with Gasteiger partial charge in [0.05, 0.1) is 6.61 Å². The van der Waals surface area contributed by atoms with Crippen LogP contribution in [0, 0.1) is 0 Å². The first-order valence-corrected chi connectivity index (χ1v) is 6.09. The van der Waals surface area contributed by atoms with E-state index in [1.807, 2.05) is 13.8 Å². The zero-order chi connectivity index (χ0) is 13.4. The zero-order valence-corrected chi connectivity index (χ0v) is 11.1. The monoisotopic (exact) mass is 252 g/mol. The van der Waals surface area contributed by atoms with Gasteiger partial charge in [-0.1, -0.05) is 0 Å². The highest BCUT2D eigenvalue weighted by atomic mass is 16.5. The number of anilines is 1. The molecule has 0 saturated heterocycles. The van der Waals surface area contributed by atoms with E-state index in [0.717, 1.165) is 6.54 Å². The van der Waals surface area contributed by atoms with Gasteiger partial charge >= 0.3 is 0 Å². The number of hydrogen-bond donors (Lipinski definition) is 1. The summed E-state index contributed by atoms with van der Waals surface area (Å²) < 4.78 is 5.20. The Bertz CT molecular complexity index is 367. The fourth-order valence-corrected chi connectivity index (χ4v) is 1.36. The van der Waals surface area contributed by atoms with Crippen molar-refractivity contribution in [2.45, 2.75) is 13.8 Å². The summed E-state index contributed by atoms with van der Waals surface area (Å²) in [6.45, 7) is 6.40. The van der Waals surface area contributed by atoms with Gasteiger partial charge in [0, 0.05) is 26.7 Å². The molecule has 0 aliphatic rings. The van der Waals surface area contributed by atoms with E-state index in [9.17, 15) is 4.79 Å². The molecule has 0 aliphatic carbocycles. The minimum atomic E-state index is -0.148. The van der Waals surface area contributed by atoms with Gasteiger partial charge in [0.1, 0.15) is 5.82 Å². The lowest BCUT2D eigenvalue weighted by Gasteiger charge is -2.16. The first-order valence-electron chi connectivity index (χ1n) is 6.09. The van der Waals surface area contributed by atoms with Gasteiger partial charge in [-0.3, -0.25) is 4.79 Å². The van der Waals surface area contributed by atoms with Crippen LogP contribution in [0.5, 0.6) is 0 Å². The second-order valence-corrected chi connectivity index (χ2v) is 3.76. The third kappa shape index (κ3) is 4.29. The molecule has 100 valence electrons. The number of likely N-dealkylation sites (N-methyl/N-ethyl adjacent to an activating group) is 1. The van der Waals surface area contributed by atoms with E-state index in [4.69, 9.17) is 4.74 Å². The average molecular weight is 252 g/mol. The highest BCUT2D eigenvalue weighted by molar-refractivity contribution is 5.92. The largest absolute Gasteiger partial charge is 0.380 e. The molecule has 6 nitrogen and oxygen atoms in total. The summed E-state index contributed by atoms with van der Waals surface area (Å²) in [5.74, 6) is 0.524. The van der Waals surface area contributed by atoms with Crippen molar-refractivity contribution >= 4 is 11.7 Å². The number of ether oxygens (including phenoxy) is 1.